The van der Waals surface area contributed by atoms with Gasteiger partial charge in [0, 0.05) is 33.9 Å². The van der Waals surface area contributed by atoms with Crippen molar-refractivity contribution in [3.8, 4) is 11.3 Å². The van der Waals surface area contributed by atoms with E-state index in [9.17, 15) is 4.79 Å². The zero-order valence-electron chi connectivity index (χ0n) is 17.3. The van der Waals surface area contributed by atoms with Crippen molar-refractivity contribution in [2.45, 2.75) is 66.0 Å². The van der Waals surface area contributed by atoms with E-state index in [1.54, 1.807) is 17.5 Å². The number of aromatic nitrogens is 3. The highest BCUT2D eigenvalue weighted by Crippen LogP contribution is 2.33. The first kappa shape index (κ1) is 19.1. The standard InChI is InChI=1S/C22H28N4OS/c1-13(2)26-21-19(12-23-26)18(22(27)25-9-7-6-8-14(25)3)11-20(24-21)17-10-15(4)28-16(17)5/h10-14H,6-9H2,1-5H3. The number of nitrogens with zero attached hydrogens (tertiary/aromatic N) is 4. The predicted molar refractivity (Wildman–Crippen MR) is 115 cm³/mol. The van der Waals surface area contributed by atoms with Gasteiger partial charge in [0.15, 0.2) is 5.65 Å². The maximum atomic E-state index is 13.5. The van der Waals surface area contributed by atoms with E-state index >= 15 is 0 Å². The van der Waals surface area contributed by atoms with E-state index in [1.165, 1.54) is 16.2 Å². The second-order valence-electron chi connectivity index (χ2n) is 8.15. The third-order valence-corrected chi connectivity index (χ3v) is 6.63. The van der Waals surface area contributed by atoms with E-state index < -0.39 is 0 Å². The minimum Gasteiger partial charge on any atom is -0.336 e. The van der Waals surface area contributed by atoms with Gasteiger partial charge in [-0.2, -0.15) is 5.10 Å². The second-order valence-corrected chi connectivity index (χ2v) is 9.61. The molecule has 1 fully saturated rings. The van der Waals surface area contributed by atoms with Crippen LogP contribution in [-0.2, 0) is 0 Å². The Bertz CT molecular complexity index is 1030. The quantitative estimate of drug-likeness (QED) is 0.598. The van der Waals surface area contributed by atoms with Crippen LogP contribution >= 0.6 is 11.3 Å². The highest BCUT2D eigenvalue weighted by Gasteiger charge is 2.27. The molecule has 0 aliphatic carbocycles. The van der Waals surface area contributed by atoms with Gasteiger partial charge in [-0.1, -0.05) is 0 Å². The number of likely N-dealkylation sites (tertiary alicyclic amines) is 1. The average Bonchev–Trinajstić information content (AvgIpc) is 3.23. The van der Waals surface area contributed by atoms with Crippen molar-refractivity contribution >= 4 is 28.3 Å². The first-order valence-corrected chi connectivity index (χ1v) is 10.9. The third kappa shape index (κ3) is 3.24. The van der Waals surface area contributed by atoms with Crippen molar-refractivity contribution in [2.24, 2.45) is 0 Å². The van der Waals surface area contributed by atoms with Crippen LogP contribution in [0, 0.1) is 13.8 Å². The van der Waals surface area contributed by atoms with Gasteiger partial charge in [-0.15, -0.1) is 11.3 Å². The predicted octanol–water partition coefficient (Wildman–Crippen LogP) is 5.37. The molecule has 4 rings (SSSR count). The zero-order valence-corrected chi connectivity index (χ0v) is 18.1. The topological polar surface area (TPSA) is 51.0 Å². The summed E-state index contributed by atoms with van der Waals surface area (Å²) in [6.07, 6.45) is 5.15. The number of carbonyl (C=O) groups is 1. The molecule has 1 aliphatic heterocycles. The molecule has 1 unspecified atom stereocenters. The Labute approximate surface area is 170 Å². The van der Waals surface area contributed by atoms with Crippen molar-refractivity contribution in [1.29, 1.82) is 0 Å². The molecule has 0 bridgehead atoms. The molecule has 0 radical (unpaired) electrons. The third-order valence-electron chi connectivity index (χ3n) is 5.67. The summed E-state index contributed by atoms with van der Waals surface area (Å²) in [5, 5.41) is 5.40. The summed E-state index contributed by atoms with van der Waals surface area (Å²) < 4.78 is 1.92. The minimum absolute atomic E-state index is 0.105. The molecular weight excluding hydrogens is 368 g/mol. The lowest BCUT2D eigenvalue weighted by Gasteiger charge is -2.33. The van der Waals surface area contributed by atoms with Crippen LogP contribution in [0.1, 0.15) is 66.2 Å². The zero-order chi connectivity index (χ0) is 20.0. The molecule has 3 aromatic rings. The lowest BCUT2D eigenvalue weighted by Crippen LogP contribution is -2.42. The van der Waals surface area contributed by atoms with Gasteiger partial charge in [0.25, 0.3) is 5.91 Å². The summed E-state index contributed by atoms with van der Waals surface area (Å²) >= 11 is 1.77. The Morgan fingerprint density at radius 2 is 2.04 bits per heavy atom. The fourth-order valence-electron chi connectivity index (χ4n) is 4.15. The molecule has 0 spiro atoms. The first-order valence-electron chi connectivity index (χ1n) is 10.1. The number of hydrogen-bond donors (Lipinski definition) is 0. The van der Waals surface area contributed by atoms with E-state index in [0.29, 0.717) is 0 Å². The van der Waals surface area contributed by atoms with Gasteiger partial charge in [-0.25, -0.2) is 9.67 Å². The number of pyridine rings is 1. The van der Waals surface area contributed by atoms with Crippen molar-refractivity contribution in [3.05, 3.63) is 33.6 Å². The van der Waals surface area contributed by atoms with Gasteiger partial charge < -0.3 is 4.90 Å². The highest BCUT2D eigenvalue weighted by atomic mass is 32.1. The molecule has 0 N–H and O–H groups in total. The van der Waals surface area contributed by atoms with Gasteiger partial charge in [-0.3, -0.25) is 4.79 Å². The fourth-order valence-corrected chi connectivity index (χ4v) is 5.08. The van der Waals surface area contributed by atoms with Crippen molar-refractivity contribution in [3.63, 3.8) is 0 Å². The number of fused-ring (bicyclic) bond motifs is 1. The second kappa shape index (κ2) is 7.32. The summed E-state index contributed by atoms with van der Waals surface area (Å²) in [6.45, 7) is 11.4. The summed E-state index contributed by atoms with van der Waals surface area (Å²) in [4.78, 5) is 23.0. The molecule has 1 aliphatic rings. The fraction of sp³-hybridized carbons (Fsp3) is 0.500. The Hall–Kier alpha value is -2.21. The molecule has 1 atom stereocenters. The summed E-state index contributed by atoms with van der Waals surface area (Å²) in [7, 11) is 0. The molecule has 148 valence electrons. The van der Waals surface area contributed by atoms with Crippen molar-refractivity contribution < 1.29 is 4.79 Å². The summed E-state index contributed by atoms with van der Waals surface area (Å²) in [5.74, 6) is 0.105. The number of rotatable bonds is 3. The lowest BCUT2D eigenvalue weighted by atomic mass is 10.0. The number of aryl methyl sites for hydroxylation is 2. The monoisotopic (exact) mass is 396 g/mol. The molecule has 1 amide bonds. The Morgan fingerprint density at radius 3 is 2.68 bits per heavy atom. The van der Waals surface area contributed by atoms with E-state index in [0.717, 1.165) is 47.2 Å². The smallest absolute Gasteiger partial charge is 0.254 e. The van der Waals surface area contributed by atoms with Crippen LogP contribution in [0.3, 0.4) is 0 Å². The molecule has 6 heteroatoms. The van der Waals surface area contributed by atoms with Gasteiger partial charge in [0.2, 0.25) is 0 Å². The highest BCUT2D eigenvalue weighted by molar-refractivity contribution is 7.12. The van der Waals surface area contributed by atoms with E-state index in [-0.39, 0.29) is 18.0 Å². The van der Waals surface area contributed by atoms with Gasteiger partial charge in [0.1, 0.15) is 0 Å². The van der Waals surface area contributed by atoms with Gasteiger partial charge >= 0.3 is 0 Å². The van der Waals surface area contributed by atoms with Crippen LogP contribution < -0.4 is 0 Å². The van der Waals surface area contributed by atoms with Crippen molar-refractivity contribution in [2.75, 3.05) is 6.54 Å². The van der Waals surface area contributed by atoms with Crippen LogP contribution in [0.25, 0.3) is 22.3 Å². The van der Waals surface area contributed by atoms with Crippen LogP contribution in [0.2, 0.25) is 0 Å². The summed E-state index contributed by atoms with van der Waals surface area (Å²) in [5.41, 5.74) is 3.50. The van der Waals surface area contributed by atoms with Gasteiger partial charge in [-0.05, 0) is 66.0 Å². The molecule has 3 aromatic heterocycles. The molecule has 0 aromatic carbocycles. The lowest BCUT2D eigenvalue weighted by molar-refractivity contribution is 0.0637. The minimum atomic E-state index is 0.105. The molecule has 28 heavy (non-hydrogen) atoms. The Morgan fingerprint density at radius 1 is 1.25 bits per heavy atom. The SMILES string of the molecule is Cc1cc(-c2cc(C(=O)N3CCCCC3C)c3cnn(C(C)C)c3n2)c(C)s1. The number of piperidine rings is 1. The number of thiophene rings is 1. The Balaban J connectivity index is 1.91. The molecule has 1 saturated heterocycles. The molecule has 4 heterocycles. The van der Waals surface area contributed by atoms with Gasteiger partial charge in [0.05, 0.1) is 22.8 Å². The van der Waals surface area contributed by atoms with Crippen molar-refractivity contribution in [1.82, 2.24) is 19.7 Å². The number of carbonyl (C=O) groups excluding carboxylic acids is 1. The van der Waals surface area contributed by atoms with Crippen LogP contribution in [0.15, 0.2) is 18.3 Å². The molecular formula is C22H28N4OS. The number of hydrogen-bond acceptors (Lipinski definition) is 4. The summed E-state index contributed by atoms with van der Waals surface area (Å²) in [6, 6.07) is 4.61. The van der Waals surface area contributed by atoms with Crippen LogP contribution in [-0.4, -0.2) is 38.2 Å². The maximum absolute atomic E-state index is 13.5. The Kier molecular flexibility index (Phi) is 5.00. The van der Waals surface area contributed by atoms with E-state index in [2.05, 4.69) is 45.8 Å². The molecule has 0 saturated carbocycles. The average molecular weight is 397 g/mol. The van der Waals surface area contributed by atoms with E-state index in [1.807, 2.05) is 15.6 Å². The van der Waals surface area contributed by atoms with Crippen LogP contribution in [0.4, 0.5) is 0 Å². The largest absolute Gasteiger partial charge is 0.336 e. The van der Waals surface area contributed by atoms with Crippen LogP contribution in [0.5, 0.6) is 0 Å². The van der Waals surface area contributed by atoms with E-state index in [4.69, 9.17) is 4.98 Å². The number of amides is 1. The normalized spacial score (nSPS) is 17.6. The molecule has 5 nitrogen and oxygen atoms in total. The maximum Gasteiger partial charge on any atom is 0.254 e. The first-order chi connectivity index (χ1) is 13.4.